The lowest BCUT2D eigenvalue weighted by molar-refractivity contribution is 0.102. The van der Waals surface area contributed by atoms with Crippen molar-refractivity contribution >= 4 is 27.3 Å². The normalized spacial score (nSPS) is 11.1. The molecule has 0 saturated carbocycles. The molecule has 2 N–H and O–H groups in total. The number of hydrogen-bond donors (Lipinski definition) is 2. The number of hydrogen-bond acceptors (Lipinski definition) is 3. The molecule has 0 unspecified atom stereocenters. The fourth-order valence-electron chi connectivity index (χ4n) is 2.91. The van der Waals surface area contributed by atoms with Gasteiger partial charge in [0.05, 0.1) is 4.90 Å². The number of carbonyl (C=O) groups is 1. The van der Waals surface area contributed by atoms with Crippen LogP contribution in [-0.2, 0) is 10.0 Å². The predicted molar refractivity (Wildman–Crippen MR) is 112 cm³/mol. The molecule has 0 radical (unpaired) electrons. The lowest BCUT2D eigenvalue weighted by Gasteiger charge is -2.13. The van der Waals surface area contributed by atoms with Crippen LogP contribution in [0.4, 0.5) is 11.4 Å². The summed E-state index contributed by atoms with van der Waals surface area (Å²) in [6.07, 6.45) is 0. The number of aryl methyl sites for hydroxylation is 3. The highest BCUT2D eigenvalue weighted by atomic mass is 32.2. The molecule has 3 aromatic rings. The Kier molecular flexibility index (Phi) is 5.51. The van der Waals surface area contributed by atoms with Crippen molar-refractivity contribution in [3.8, 4) is 0 Å². The number of sulfonamides is 1. The molecular formula is C22H22N2O3S. The maximum Gasteiger partial charge on any atom is 0.262 e. The fourth-order valence-corrected chi connectivity index (χ4v) is 4.23. The lowest BCUT2D eigenvalue weighted by Crippen LogP contribution is -2.16. The van der Waals surface area contributed by atoms with Crippen LogP contribution in [0.15, 0.2) is 71.6 Å². The first-order chi connectivity index (χ1) is 13.3. The third-order valence-electron chi connectivity index (χ3n) is 4.40. The number of nitrogens with one attached hydrogen (secondary N) is 2. The van der Waals surface area contributed by atoms with Gasteiger partial charge in [-0.3, -0.25) is 9.52 Å². The molecule has 0 atom stereocenters. The van der Waals surface area contributed by atoms with E-state index in [0.29, 0.717) is 22.5 Å². The Morgan fingerprint density at radius 3 is 2.25 bits per heavy atom. The minimum absolute atomic E-state index is 0.122. The molecule has 6 heteroatoms. The summed E-state index contributed by atoms with van der Waals surface area (Å²) in [6, 6.07) is 19.2. The number of carbonyl (C=O) groups excluding carboxylic acids is 1. The molecule has 1 amide bonds. The molecule has 0 aromatic heterocycles. The molecule has 5 nitrogen and oxygen atoms in total. The number of rotatable bonds is 5. The molecule has 3 rings (SSSR count). The van der Waals surface area contributed by atoms with Crippen LogP contribution in [-0.4, -0.2) is 14.3 Å². The van der Waals surface area contributed by atoms with Crippen molar-refractivity contribution in [2.45, 2.75) is 25.7 Å². The third-order valence-corrected chi connectivity index (χ3v) is 5.92. The molecule has 0 aliphatic rings. The second kappa shape index (κ2) is 7.86. The first-order valence-corrected chi connectivity index (χ1v) is 10.3. The van der Waals surface area contributed by atoms with Gasteiger partial charge in [0, 0.05) is 16.9 Å². The molecule has 28 heavy (non-hydrogen) atoms. The first-order valence-electron chi connectivity index (χ1n) is 8.83. The third kappa shape index (κ3) is 4.40. The van der Waals surface area contributed by atoms with E-state index in [1.807, 2.05) is 32.0 Å². The highest BCUT2D eigenvalue weighted by Gasteiger charge is 2.19. The summed E-state index contributed by atoms with van der Waals surface area (Å²) < 4.78 is 28.3. The summed E-state index contributed by atoms with van der Waals surface area (Å²) >= 11 is 0. The maximum atomic E-state index is 12.9. The zero-order valence-electron chi connectivity index (χ0n) is 16.0. The Morgan fingerprint density at radius 2 is 1.54 bits per heavy atom. The van der Waals surface area contributed by atoms with Crippen LogP contribution in [0.2, 0.25) is 0 Å². The Labute approximate surface area is 165 Å². The van der Waals surface area contributed by atoms with Gasteiger partial charge in [0.15, 0.2) is 0 Å². The topological polar surface area (TPSA) is 75.3 Å². The van der Waals surface area contributed by atoms with E-state index in [0.717, 1.165) is 11.1 Å². The maximum absolute atomic E-state index is 12.9. The van der Waals surface area contributed by atoms with Crippen LogP contribution >= 0.6 is 0 Å². The Morgan fingerprint density at radius 1 is 0.786 bits per heavy atom. The van der Waals surface area contributed by atoms with Crippen molar-refractivity contribution in [1.29, 1.82) is 0 Å². The summed E-state index contributed by atoms with van der Waals surface area (Å²) in [5.41, 5.74) is 3.86. The van der Waals surface area contributed by atoms with Crippen molar-refractivity contribution in [1.82, 2.24) is 0 Å². The summed E-state index contributed by atoms with van der Waals surface area (Å²) in [5.74, 6) is -0.281. The van der Waals surface area contributed by atoms with Crippen LogP contribution in [0.3, 0.4) is 0 Å². The van der Waals surface area contributed by atoms with Gasteiger partial charge in [-0.15, -0.1) is 0 Å². The summed E-state index contributed by atoms with van der Waals surface area (Å²) in [7, 11) is -3.79. The molecular weight excluding hydrogens is 372 g/mol. The number of benzene rings is 3. The summed E-state index contributed by atoms with van der Waals surface area (Å²) in [6.45, 7) is 5.47. The van der Waals surface area contributed by atoms with Gasteiger partial charge in [-0.05, 0) is 67.8 Å². The second-order valence-electron chi connectivity index (χ2n) is 6.72. The largest absolute Gasteiger partial charge is 0.322 e. The quantitative estimate of drug-likeness (QED) is 0.661. The SMILES string of the molecule is Cc1cccc(NS(=O)(=O)c2cc(NC(=O)c3ccccc3C)ccc2C)c1. The molecule has 0 saturated heterocycles. The zero-order chi connectivity index (χ0) is 20.3. The minimum atomic E-state index is -3.79. The molecule has 3 aromatic carbocycles. The molecule has 0 aliphatic carbocycles. The van der Waals surface area contributed by atoms with Gasteiger partial charge in [-0.2, -0.15) is 0 Å². The van der Waals surface area contributed by atoms with Crippen LogP contribution < -0.4 is 10.0 Å². The Hall–Kier alpha value is -3.12. The van der Waals surface area contributed by atoms with E-state index in [9.17, 15) is 13.2 Å². The smallest absolute Gasteiger partial charge is 0.262 e. The van der Waals surface area contributed by atoms with Crippen LogP contribution in [0, 0.1) is 20.8 Å². The van der Waals surface area contributed by atoms with E-state index in [1.54, 1.807) is 49.4 Å². The van der Waals surface area contributed by atoms with E-state index >= 15 is 0 Å². The number of amides is 1. The molecule has 0 bridgehead atoms. The highest BCUT2D eigenvalue weighted by Crippen LogP contribution is 2.24. The standard InChI is InChI=1S/C22H22N2O3S/c1-15-7-6-9-19(13-15)24-28(26,27)21-14-18(12-11-17(21)3)23-22(25)20-10-5-4-8-16(20)2/h4-14,24H,1-3H3,(H,23,25). The first kappa shape index (κ1) is 19.6. The van der Waals surface area contributed by atoms with Crippen molar-refractivity contribution in [3.63, 3.8) is 0 Å². The van der Waals surface area contributed by atoms with Crippen molar-refractivity contribution < 1.29 is 13.2 Å². The van der Waals surface area contributed by atoms with Gasteiger partial charge < -0.3 is 5.32 Å². The van der Waals surface area contributed by atoms with Gasteiger partial charge in [0.25, 0.3) is 15.9 Å². The Balaban J connectivity index is 1.89. The monoisotopic (exact) mass is 394 g/mol. The molecule has 0 heterocycles. The fraction of sp³-hybridized carbons (Fsp3) is 0.136. The lowest BCUT2D eigenvalue weighted by atomic mass is 10.1. The zero-order valence-corrected chi connectivity index (χ0v) is 16.8. The van der Waals surface area contributed by atoms with Gasteiger partial charge in [0.1, 0.15) is 0 Å². The second-order valence-corrected chi connectivity index (χ2v) is 8.38. The molecule has 144 valence electrons. The molecule has 0 fully saturated rings. The number of anilines is 2. The van der Waals surface area contributed by atoms with Gasteiger partial charge in [0.2, 0.25) is 0 Å². The van der Waals surface area contributed by atoms with Gasteiger partial charge in [-0.25, -0.2) is 8.42 Å². The Bertz CT molecular complexity index is 1140. The van der Waals surface area contributed by atoms with Crippen LogP contribution in [0.5, 0.6) is 0 Å². The predicted octanol–water partition coefficient (Wildman–Crippen LogP) is 4.66. The van der Waals surface area contributed by atoms with E-state index < -0.39 is 10.0 Å². The van der Waals surface area contributed by atoms with Crippen LogP contribution in [0.25, 0.3) is 0 Å². The summed E-state index contributed by atoms with van der Waals surface area (Å²) in [4.78, 5) is 12.7. The van der Waals surface area contributed by atoms with Crippen molar-refractivity contribution in [2.75, 3.05) is 10.0 Å². The average molecular weight is 394 g/mol. The minimum Gasteiger partial charge on any atom is -0.322 e. The molecule has 0 aliphatic heterocycles. The van der Waals surface area contributed by atoms with E-state index in [1.165, 1.54) is 6.07 Å². The van der Waals surface area contributed by atoms with Gasteiger partial charge in [-0.1, -0.05) is 36.4 Å². The average Bonchev–Trinajstić information content (AvgIpc) is 2.63. The van der Waals surface area contributed by atoms with Crippen LogP contribution in [0.1, 0.15) is 27.0 Å². The van der Waals surface area contributed by atoms with E-state index in [-0.39, 0.29) is 10.8 Å². The van der Waals surface area contributed by atoms with Gasteiger partial charge >= 0.3 is 0 Å². The highest BCUT2D eigenvalue weighted by molar-refractivity contribution is 7.92. The van der Waals surface area contributed by atoms with E-state index in [2.05, 4.69) is 10.0 Å². The van der Waals surface area contributed by atoms with Crippen molar-refractivity contribution in [2.24, 2.45) is 0 Å². The molecule has 0 spiro atoms. The van der Waals surface area contributed by atoms with E-state index in [4.69, 9.17) is 0 Å². The van der Waals surface area contributed by atoms with Crippen molar-refractivity contribution in [3.05, 3.63) is 89.0 Å². The summed E-state index contributed by atoms with van der Waals surface area (Å²) in [5, 5.41) is 2.78.